The number of hydrogen-bond acceptors (Lipinski definition) is 5. The molecule has 0 aromatic heterocycles. The standard InChI is InChI=1S/C19H25NO5/c1-4-12-20(13-5-2)18(21)15-25-19(22)7-6-14-24-17-10-8-16(23-3)9-11-17/h4-5,8-11H,1-2,6-7,12-15H2,3H3. The maximum absolute atomic E-state index is 11.9. The smallest absolute Gasteiger partial charge is 0.306 e. The number of amides is 1. The van der Waals surface area contributed by atoms with Crippen LogP contribution in [-0.2, 0) is 14.3 Å². The number of esters is 1. The van der Waals surface area contributed by atoms with Crippen molar-refractivity contribution in [3.05, 3.63) is 49.6 Å². The molecular weight excluding hydrogens is 322 g/mol. The van der Waals surface area contributed by atoms with Crippen LogP contribution in [0.4, 0.5) is 0 Å². The summed E-state index contributed by atoms with van der Waals surface area (Å²) in [7, 11) is 1.60. The van der Waals surface area contributed by atoms with Crippen LogP contribution in [0.25, 0.3) is 0 Å². The molecule has 0 aliphatic carbocycles. The Bertz CT molecular complexity index is 558. The van der Waals surface area contributed by atoms with Crippen molar-refractivity contribution >= 4 is 11.9 Å². The molecule has 0 spiro atoms. The second-order valence-corrected chi connectivity index (χ2v) is 5.16. The first-order valence-corrected chi connectivity index (χ1v) is 8.02. The lowest BCUT2D eigenvalue weighted by Gasteiger charge is -2.18. The zero-order valence-corrected chi connectivity index (χ0v) is 14.6. The molecule has 0 saturated heterocycles. The van der Waals surface area contributed by atoms with Crippen LogP contribution in [0, 0.1) is 0 Å². The molecule has 1 amide bonds. The van der Waals surface area contributed by atoms with Crippen molar-refractivity contribution in [2.24, 2.45) is 0 Å². The Morgan fingerprint density at radius 1 is 1.08 bits per heavy atom. The summed E-state index contributed by atoms with van der Waals surface area (Å²) in [5, 5.41) is 0. The maximum Gasteiger partial charge on any atom is 0.306 e. The Labute approximate surface area is 148 Å². The summed E-state index contributed by atoms with van der Waals surface area (Å²) in [5.41, 5.74) is 0. The van der Waals surface area contributed by atoms with E-state index < -0.39 is 5.97 Å². The van der Waals surface area contributed by atoms with Gasteiger partial charge in [-0.1, -0.05) is 12.2 Å². The van der Waals surface area contributed by atoms with Crippen LogP contribution >= 0.6 is 0 Å². The average molecular weight is 347 g/mol. The van der Waals surface area contributed by atoms with E-state index in [1.807, 2.05) is 0 Å². The normalized spacial score (nSPS) is 9.80. The molecule has 1 aromatic rings. The fraction of sp³-hybridized carbons (Fsp3) is 0.368. The van der Waals surface area contributed by atoms with Crippen molar-refractivity contribution in [1.82, 2.24) is 4.90 Å². The van der Waals surface area contributed by atoms with Gasteiger partial charge in [0.15, 0.2) is 6.61 Å². The highest BCUT2D eigenvalue weighted by Crippen LogP contribution is 2.17. The van der Waals surface area contributed by atoms with E-state index in [4.69, 9.17) is 14.2 Å². The second kappa shape index (κ2) is 11.7. The zero-order valence-electron chi connectivity index (χ0n) is 14.6. The number of nitrogens with zero attached hydrogens (tertiary/aromatic N) is 1. The van der Waals surface area contributed by atoms with E-state index >= 15 is 0 Å². The van der Waals surface area contributed by atoms with E-state index in [0.29, 0.717) is 31.9 Å². The minimum Gasteiger partial charge on any atom is -0.497 e. The molecular formula is C19H25NO5. The zero-order chi connectivity index (χ0) is 18.5. The Balaban J connectivity index is 2.22. The number of hydrogen-bond donors (Lipinski definition) is 0. The van der Waals surface area contributed by atoms with Gasteiger partial charge in [-0.05, 0) is 30.7 Å². The van der Waals surface area contributed by atoms with Gasteiger partial charge in [0.05, 0.1) is 13.7 Å². The predicted octanol–water partition coefficient (Wildman–Crippen LogP) is 2.60. The van der Waals surface area contributed by atoms with E-state index in [1.54, 1.807) is 43.5 Å². The third-order valence-electron chi connectivity index (χ3n) is 3.26. The molecule has 0 heterocycles. The average Bonchev–Trinajstić information content (AvgIpc) is 2.63. The van der Waals surface area contributed by atoms with Crippen LogP contribution in [-0.4, -0.2) is 50.2 Å². The summed E-state index contributed by atoms with van der Waals surface area (Å²) >= 11 is 0. The molecule has 1 aromatic carbocycles. The van der Waals surface area contributed by atoms with Gasteiger partial charge in [-0.15, -0.1) is 13.2 Å². The molecule has 6 heteroatoms. The van der Waals surface area contributed by atoms with Gasteiger partial charge in [0.25, 0.3) is 5.91 Å². The first-order valence-electron chi connectivity index (χ1n) is 8.02. The van der Waals surface area contributed by atoms with Crippen LogP contribution in [0.3, 0.4) is 0 Å². The van der Waals surface area contributed by atoms with Crippen LogP contribution in [0.1, 0.15) is 12.8 Å². The van der Waals surface area contributed by atoms with Crippen molar-refractivity contribution in [2.45, 2.75) is 12.8 Å². The number of carbonyl (C=O) groups is 2. The molecule has 25 heavy (non-hydrogen) atoms. The Morgan fingerprint density at radius 3 is 2.24 bits per heavy atom. The van der Waals surface area contributed by atoms with E-state index in [-0.39, 0.29) is 18.9 Å². The van der Waals surface area contributed by atoms with Gasteiger partial charge >= 0.3 is 5.97 Å². The second-order valence-electron chi connectivity index (χ2n) is 5.16. The van der Waals surface area contributed by atoms with Gasteiger partial charge in [-0.2, -0.15) is 0 Å². The predicted molar refractivity (Wildman–Crippen MR) is 95.7 cm³/mol. The molecule has 0 aliphatic heterocycles. The number of carbonyl (C=O) groups excluding carboxylic acids is 2. The van der Waals surface area contributed by atoms with Crippen LogP contribution in [0.15, 0.2) is 49.6 Å². The third kappa shape index (κ3) is 8.06. The molecule has 0 radical (unpaired) electrons. The molecule has 0 atom stereocenters. The quantitative estimate of drug-likeness (QED) is 0.330. The van der Waals surface area contributed by atoms with Crippen LogP contribution in [0.5, 0.6) is 11.5 Å². The fourth-order valence-electron chi connectivity index (χ4n) is 1.97. The van der Waals surface area contributed by atoms with Crippen molar-refractivity contribution in [2.75, 3.05) is 33.4 Å². The third-order valence-corrected chi connectivity index (χ3v) is 3.26. The first-order chi connectivity index (χ1) is 12.1. The lowest BCUT2D eigenvalue weighted by molar-refractivity contribution is -0.151. The van der Waals surface area contributed by atoms with Gasteiger partial charge in [-0.25, -0.2) is 0 Å². The largest absolute Gasteiger partial charge is 0.497 e. The topological polar surface area (TPSA) is 65.1 Å². The highest BCUT2D eigenvalue weighted by atomic mass is 16.5. The maximum atomic E-state index is 11.9. The lowest BCUT2D eigenvalue weighted by Crippen LogP contribution is -2.35. The summed E-state index contributed by atoms with van der Waals surface area (Å²) in [6.07, 6.45) is 3.91. The molecule has 0 saturated carbocycles. The van der Waals surface area contributed by atoms with Crippen molar-refractivity contribution in [1.29, 1.82) is 0 Å². The van der Waals surface area contributed by atoms with E-state index in [1.165, 1.54) is 4.90 Å². The van der Waals surface area contributed by atoms with Gasteiger partial charge in [-0.3, -0.25) is 9.59 Å². The van der Waals surface area contributed by atoms with E-state index in [0.717, 1.165) is 5.75 Å². The highest BCUT2D eigenvalue weighted by molar-refractivity contribution is 5.80. The van der Waals surface area contributed by atoms with Crippen LogP contribution < -0.4 is 9.47 Å². The molecule has 0 aliphatic rings. The van der Waals surface area contributed by atoms with E-state index in [2.05, 4.69) is 13.2 Å². The summed E-state index contributed by atoms with van der Waals surface area (Å²) in [4.78, 5) is 25.1. The first kappa shape index (κ1) is 20.3. The fourth-order valence-corrected chi connectivity index (χ4v) is 1.97. The number of rotatable bonds is 12. The van der Waals surface area contributed by atoms with Gasteiger partial charge < -0.3 is 19.1 Å². The SMILES string of the molecule is C=CCN(CC=C)C(=O)COC(=O)CCCOc1ccc(OC)cc1. The highest BCUT2D eigenvalue weighted by Gasteiger charge is 2.13. The van der Waals surface area contributed by atoms with Gasteiger partial charge in [0, 0.05) is 19.5 Å². The van der Waals surface area contributed by atoms with Crippen molar-refractivity contribution in [3.63, 3.8) is 0 Å². The molecule has 0 fully saturated rings. The Morgan fingerprint density at radius 2 is 1.68 bits per heavy atom. The van der Waals surface area contributed by atoms with Gasteiger partial charge in [0.2, 0.25) is 0 Å². The van der Waals surface area contributed by atoms with E-state index in [9.17, 15) is 9.59 Å². The molecule has 6 nitrogen and oxygen atoms in total. The molecule has 1 rings (SSSR count). The summed E-state index contributed by atoms with van der Waals surface area (Å²) in [5.74, 6) is 0.753. The number of ether oxygens (including phenoxy) is 3. The molecule has 0 unspecified atom stereocenters. The monoisotopic (exact) mass is 347 g/mol. The minimum atomic E-state index is -0.427. The Kier molecular flexibility index (Phi) is 9.51. The molecule has 136 valence electrons. The van der Waals surface area contributed by atoms with Crippen molar-refractivity contribution < 1.29 is 23.8 Å². The molecule has 0 bridgehead atoms. The van der Waals surface area contributed by atoms with Crippen LogP contribution in [0.2, 0.25) is 0 Å². The summed E-state index contributed by atoms with van der Waals surface area (Å²) in [6.45, 7) is 8.06. The van der Waals surface area contributed by atoms with Crippen molar-refractivity contribution in [3.8, 4) is 11.5 Å². The minimum absolute atomic E-state index is 0.187. The Hall–Kier alpha value is -2.76. The summed E-state index contributed by atoms with van der Waals surface area (Å²) in [6, 6.07) is 7.19. The van der Waals surface area contributed by atoms with Gasteiger partial charge in [0.1, 0.15) is 11.5 Å². The number of methoxy groups -OCH3 is 1. The molecule has 0 N–H and O–H groups in total. The lowest BCUT2D eigenvalue weighted by atomic mass is 10.3. The number of benzene rings is 1. The summed E-state index contributed by atoms with van der Waals surface area (Å²) < 4.78 is 15.6.